The van der Waals surface area contributed by atoms with Crippen LogP contribution in [-0.4, -0.2) is 73.9 Å². The highest BCUT2D eigenvalue weighted by atomic mass is 16.5. The molecule has 1 fully saturated rings. The van der Waals surface area contributed by atoms with E-state index in [2.05, 4.69) is 36.2 Å². The molecule has 0 radical (unpaired) electrons. The summed E-state index contributed by atoms with van der Waals surface area (Å²) in [5.74, 6) is 0.523. The molecular formula is C29H36N4O4. The first-order valence-electron chi connectivity index (χ1n) is 13.2. The monoisotopic (exact) mass is 504 g/mol. The van der Waals surface area contributed by atoms with E-state index in [9.17, 15) is 14.4 Å². The maximum absolute atomic E-state index is 13.4. The molecular weight excluding hydrogens is 468 g/mol. The molecule has 0 aliphatic carbocycles. The van der Waals surface area contributed by atoms with Crippen molar-refractivity contribution in [3.05, 3.63) is 58.1 Å². The molecule has 1 saturated heterocycles. The van der Waals surface area contributed by atoms with Gasteiger partial charge in [0.15, 0.2) is 6.61 Å². The second-order valence-electron chi connectivity index (χ2n) is 10.5. The number of carbonyl (C=O) groups excluding carboxylic acids is 3. The number of fused-ring (bicyclic) bond motifs is 2. The first-order chi connectivity index (χ1) is 17.8. The number of likely N-dealkylation sites (tertiary alicyclic amines) is 1. The van der Waals surface area contributed by atoms with Crippen LogP contribution in [0.15, 0.2) is 30.3 Å². The number of carbonyl (C=O) groups is 3. The van der Waals surface area contributed by atoms with Gasteiger partial charge in [0.25, 0.3) is 11.8 Å². The Bertz CT molecular complexity index is 1230. The van der Waals surface area contributed by atoms with E-state index in [-0.39, 0.29) is 30.2 Å². The summed E-state index contributed by atoms with van der Waals surface area (Å²) in [4.78, 5) is 43.8. The van der Waals surface area contributed by atoms with Crippen LogP contribution in [0.4, 0.5) is 5.69 Å². The molecule has 0 aromatic heterocycles. The van der Waals surface area contributed by atoms with Crippen molar-refractivity contribution in [2.45, 2.75) is 39.7 Å². The molecule has 196 valence electrons. The average molecular weight is 505 g/mol. The van der Waals surface area contributed by atoms with Crippen LogP contribution < -0.4 is 15.0 Å². The summed E-state index contributed by atoms with van der Waals surface area (Å²) in [6, 6.07) is 9.65. The second kappa shape index (κ2) is 10.5. The first-order valence-corrected chi connectivity index (χ1v) is 13.2. The molecule has 8 heteroatoms. The number of hydrogen-bond donors (Lipinski definition) is 1. The van der Waals surface area contributed by atoms with Crippen molar-refractivity contribution in [2.75, 3.05) is 51.3 Å². The van der Waals surface area contributed by atoms with Gasteiger partial charge in [0.1, 0.15) is 5.75 Å². The fraction of sp³-hybridized carbons (Fsp3) is 0.483. The summed E-state index contributed by atoms with van der Waals surface area (Å²) in [6.45, 7) is 8.63. The van der Waals surface area contributed by atoms with Gasteiger partial charge in [0.05, 0.1) is 11.6 Å². The van der Waals surface area contributed by atoms with Crippen molar-refractivity contribution in [1.82, 2.24) is 15.1 Å². The lowest BCUT2D eigenvalue weighted by molar-refractivity contribution is -0.138. The normalized spacial score (nSPS) is 19.6. The number of likely N-dealkylation sites (N-methyl/N-ethyl adjacent to an activating group) is 1. The Kier molecular flexibility index (Phi) is 7.20. The van der Waals surface area contributed by atoms with Crippen molar-refractivity contribution in [1.29, 1.82) is 0 Å². The smallest absolute Gasteiger partial charge is 0.264 e. The molecule has 1 atom stereocenters. The highest BCUT2D eigenvalue weighted by molar-refractivity contribution is 6.00. The number of benzene rings is 2. The number of rotatable bonds is 5. The van der Waals surface area contributed by atoms with Crippen molar-refractivity contribution in [2.24, 2.45) is 5.92 Å². The van der Waals surface area contributed by atoms with Crippen LogP contribution in [0, 0.1) is 19.8 Å². The highest BCUT2D eigenvalue weighted by Crippen LogP contribution is 2.32. The third-order valence-electron chi connectivity index (χ3n) is 8.02. The van der Waals surface area contributed by atoms with E-state index < -0.39 is 0 Å². The number of ether oxygens (including phenoxy) is 1. The van der Waals surface area contributed by atoms with E-state index in [1.807, 2.05) is 4.90 Å². The lowest BCUT2D eigenvalue weighted by Crippen LogP contribution is -2.47. The molecule has 2 aromatic carbocycles. The topological polar surface area (TPSA) is 82.2 Å². The quantitative estimate of drug-likeness (QED) is 0.677. The molecule has 3 aliphatic heterocycles. The largest absolute Gasteiger partial charge is 0.482 e. The minimum atomic E-state index is -0.173. The maximum atomic E-state index is 13.4. The number of anilines is 1. The summed E-state index contributed by atoms with van der Waals surface area (Å²) in [6.07, 6.45) is 2.83. The van der Waals surface area contributed by atoms with E-state index in [4.69, 9.17) is 4.74 Å². The molecule has 5 rings (SSSR count). The number of nitrogens with one attached hydrogen (secondary N) is 1. The molecule has 1 unspecified atom stereocenters. The van der Waals surface area contributed by atoms with Crippen LogP contribution in [0.5, 0.6) is 5.75 Å². The third kappa shape index (κ3) is 5.34. The minimum Gasteiger partial charge on any atom is -0.482 e. The van der Waals surface area contributed by atoms with Gasteiger partial charge < -0.3 is 24.8 Å². The van der Waals surface area contributed by atoms with Crippen molar-refractivity contribution < 1.29 is 19.1 Å². The standard InChI is InChI=1S/C29H36N4O4/c1-19-13-21-8-11-33(17-24(21)14-20(19)2)29(36)23-5-4-10-32(16-23)12-9-30-28(35)22-6-7-25-26(15-22)37-18-27(34)31(25)3/h6-7,13-15,23H,4-5,8-12,16-18H2,1-3H3,(H,30,35). The third-order valence-corrected chi connectivity index (χ3v) is 8.02. The van der Waals surface area contributed by atoms with Gasteiger partial charge in [0.2, 0.25) is 5.91 Å². The van der Waals surface area contributed by atoms with Gasteiger partial charge in [-0.25, -0.2) is 0 Å². The Labute approximate surface area is 218 Å². The zero-order chi connectivity index (χ0) is 26.1. The minimum absolute atomic E-state index is 0.00930. The molecule has 3 heterocycles. The summed E-state index contributed by atoms with van der Waals surface area (Å²) < 4.78 is 5.50. The molecule has 0 bridgehead atoms. The lowest BCUT2D eigenvalue weighted by atomic mass is 9.92. The number of aryl methyl sites for hydroxylation is 2. The van der Waals surface area contributed by atoms with Gasteiger partial charge in [-0.2, -0.15) is 0 Å². The average Bonchev–Trinajstić information content (AvgIpc) is 2.90. The number of hydrogen-bond acceptors (Lipinski definition) is 5. The Morgan fingerprint density at radius 1 is 1.08 bits per heavy atom. The predicted octanol–water partition coefficient (Wildman–Crippen LogP) is 2.69. The van der Waals surface area contributed by atoms with Crippen LogP contribution in [0.3, 0.4) is 0 Å². The van der Waals surface area contributed by atoms with Crippen molar-refractivity contribution in [3.63, 3.8) is 0 Å². The molecule has 0 saturated carbocycles. The Balaban J connectivity index is 1.12. The number of amides is 3. The maximum Gasteiger partial charge on any atom is 0.264 e. The second-order valence-corrected chi connectivity index (χ2v) is 10.5. The summed E-state index contributed by atoms with van der Waals surface area (Å²) in [5.41, 5.74) is 6.42. The van der Waals surface area contributed by atoms with Gasteiger partial charge in [-0.1, -0.05) is 12.1 Å². The van der Waals surface area contributed by atoms with E-state index in [0.717, 1.165) is 38.9 Å². The predicted molar refractivity (Wildman–Crippen MR) is 142 cm³/mol. The van der Waals surface area contributed by atoms with E-state index in [1.165, 1.54) is 22.3 Å². The van der Waals surface area contributed by atoms with E-state index >= 15 is 0 Å². The highest BCUT2D eigenvalue weighted by Gasteiger charge is 2.31. The fourth-order valence-corrected chi connectivity index (χ4v) is 5.61. The molecule has 0 spiro atoms. The van der Waals surface area contributed by atoms with Gasteiger partial charge in [-0.05, 0) is 80.1 Å². The Morgan fingerprint density at radius 3 is 2.68 bits per heavy atom. The molecule has 3 aliphatic rings. The molecule has 37 heavy (non-hydrogen) atoms. The summed E-state index contributed by atoms with van der Waals surface area (Å²) in [5, 5.41) is 2.99. The van der Waals surface area contributed by atoms with E-state index in [0.29, 0.717) is 36.6 Å². The Morgan fingerprint density at radius 2 is 1.86 bits per heavy atom. The van der Waals surface area contributed by atoms with Gasteiger partial charge in [-0.3, -0.25) is 14.4 Å². The number of piperidine rings is 1. The lowest BCUT2D eigenvalue weighted by Gasteiger charge is -2.37. The molecule has 8 nitrogen and oxygen atoms in total. The summed E-state index contributed by atoms with van der Waals surface area (Å²) in [7, 11) is 1.70. The number of nitrogens with zero attached hydrogens (tertiary/aromatic N) is 3. The molecule has 3 amide bonds. The molecule has 2 aromatic rings. The van der Waals surface area contributed by atoms with Crippen LogP contribution in [-0.2, 0) is 22.6 Å². The van der Waals surface area contributed by atoms with Gasteiger partial charge in [-0.15, -0.1) is 0 Å². The van der Waals surface area contributed by atoms with Gasteiger partial charge >= 0.3 is 0 Å². The summed E-state index contributed by atoms with van der Waals surface area (Å²) >= 11 is 0. The zero-order valence-electron chi connectivity index (χ0n) is 22.0. The van der Waals surface area contributed by atoms with Crippen LogP contribution >= 0.6 is 0 Å². The Hall–Kier alpha value is -3.39. The van der Waals surface area contributed by atoms with Crippen molar-refractivity contribution in [3.8, 4) is 5.75 Å². The molecule has 1 N–H and O–H groups in total. The fourth-order valence-electron chi connectivity index (χ4n) is 5.61. The zero-order valence-corrected chi connectivity index (χ0v) is 22.0. The van der Waals surface area contributed by atoms with Gasteiger partial charge in [0, 0.05) is 45.3 Å². The van der Waals surface area contributed by atoms with Crippen LogP contribution in [0.25, 0.3) is 0 Å². The first kappa shape index (κ1) is 25.3. The van der Waals surface area contributed by atoms with Crippen LogP contribution in [0.1, 0.15) is 45.5 Å². The van der Waals surface area contributed by atoms with Crippen molar-refractivity contribution >= 4 is 23.4 Å². The van der Waals surface area contributed by atoms with E-state index in [1.54, 1.807) is 30.1 Å². The van der Waals surface area contributed by atoms with Crippen LogP contribution in [0.2, 0.25) is 0 Å². The SMILES string of the molecule is Cc1cc2c(cc1C)CN(C(=O)C1CCCN(CCNC(=O)c3ccc4c(c3)OCC(=O)N4C)C1)CC2.